The monoisotopic (exact) mass is 419 g/mol. The van der Waals surface area contributed by atoms with Gasteiger partial charge in [0, 0.05) is 13.1 Å². The zero-order chi connectivity index (χ0) is 15.5. The first-order valence-electron chi connectivity index (χ1n) is 7.31. The fraction of sp³-hybridized carbons (Fsp3) is 0.500. The van der Waals surface area contributed by atoms with Crippen molar-refractivity contribution < 1.29 is 9.53 Å². The molecular formula is C16H26IN3O2. The molecule has 0 bridgehead atoms. The third-order valence-corrected chi connectivity index (χ3v) is 3.02. The van der Waals surface area contributed by atoms with E-state index in [1.807, 2.05) is 32.0 Å². The fourth-order valence-electron chi connectivity index (χ4n) is 1.82. The lowest BCUT2D eigenvalue weighted by atomic mass is 10.1. The Morgan fingerprint density at radius 1 is 1.27 bits per heavy atom. The molecule has 1 aromatic rings. The fourth-order valence-corrected chi connectivity index (χ4v) is 1.82. The van der Waals surface area contributed by atoms with Crippen LogP contribution in [-0.4, -0.2) is 38.7 Å². The first kappa shape index (κ1) is 20.7. The minimum atomic E-state index is -0.237. The van der Waals surface area contributed by atoms with Crippen molar-refractivity contribution in [1.29, 1.82) is 0 Å². The molecule has 0 aliphatic heterocycles. The maximum Gasteiger partial charge on any atom is 0.310 e. The van der Waals surface area contributed by atoms with Gasteiger partial charge in [-0.05, 0) is 18.9 Å². The number of ether oxygens (including phenoxy) is 1. The average Bonchev–Trinajstić information content (AvgIpc) is 2.52. The van der Waals surface area contributed by atoms with E-state index in [-0.39, 0.29) is 35.9 Å². The van der Waals surface area contributed by atoms with Crippen LogP contribution < -0.4 is 10.6 Å². The van der Waals surface area contributed by atoms with Crippen LogP contribution in [0.15, 0.2) is 35.3 Å². The van der Waals surface area contributed by atoms with Crippen LogP contribution in [0.1, 0.15) is 19.4 Å². The van der Waals surface area contributed by atoms with Crippen molar-refractivity contribution in [3.8, 4) is 0 Å². The first-order valence-corrected chi connectivity index (χ1v) is 7.31. The van der Waals surface area contributed by atoms with Crippen LogP contribution >= 0.6 is 24.0 Å². The summed E-state index contributed by atoms with van der Waals surface area (Å²) >= 11 is 0. The predicted octanol–water partition coefficient (Wildman–Crippen LogP) is 2.21. The molecule has 0 radical (unpaired) electrons. The number of nitrogens with zero attached hydrogens (tertiary/aromatic N) is 1. The van der Waals surface area contributed by atoms with Crippen molar-refractivity contribution in [3.05, 3.63) is 35.9 Å². The van der Waals surface area contributed by atoms with E-state index >= 15 is 0 Å². The largest absolute Gasteiger partial charge is 0.469 e. The minimum Gasteiger partial charge on any atom is -0.469 e. The molecule has 1 atom stereocenters. The summed E-state index contributed by atoms with van der Waals surface area (Å²) in [6, 6.07) is 10.3. The van der Waals surface area contributed by atoms with E-state index in [1.54, 1.807) is 0 Å². The van der Waals surface area contributed by atoms with Gasteiger partial charge in [0.1, 0.15) is 0 Å². The molecule has 124 valence electrons. The zero-order valence-corrected chi connectivity index (χ0v) is 15.8. The molecule has 1 rings (SSSR count). The van der Waals surface area contributed by atoms with E-state index in [4.69, 9.17) is 4.74 Å². The van der Waals surface area contributed by atoms with Gasteiger partial charge in [0.25, 0.3) is 0 Å². The van der Waals surface area contributed by atoms with Gasteiger partial charge in [-0.3, -0.25) is 9.79 Å². The van der Waals surface area contributed by atoms with Crippen LogP contribution in [0.3, 0.4) is 0 Å². The molecule has 1 aromatic carbocycles. The molecule has 0 spiro atoms. The van der Waals surface area contributed by atoms with Crippen LogP contribution in [-0.2, 0) is 16.0 Å². The maximum atomic E-state index is 11.3. The molecule has 0 saturated heterocycles. The molecule has 2 N–H and O–H groups in total. The van der Waals surface area contributed by atoms with Crippen molar-refractivity contribution in [2.24, 2.45) is 10.9 Å². The van der Waals surface area contributed by atoms with Gasteiger partial charge in [0.2, 0.25) is 0 Å². The summed E-state index contributed by atoms with van der Waals surface area (Å²) in [6.07, 6.45) is 0.928. The van der Waals surface area contributed by atoms with Gasteiger partial charge in [0.05, 0.1) is 19.6 Å². The van der Waals surface area contributed by atoms with E-state index in [9.17, 15) is 4.79 Å². The molecule has 5 nitrogen and oxygen atoms in total. The highest BCUT2D eigenvalue weighted by atomic mass is 127. The molecule has 0 aliphatic rings. The first-order chi connectivity index (χ1) is 10.2. The van der Waals surface area contributed by atoms with Crippen LogP contribution in [0.2, 0.25) is 0 Å². The van der Waals surface area contributed by atoms with E-state index in [0.717, 1.165) is 25.5 Å². The smallest absolute Gasteiger partial charge is 0.310 e. The molecule has 0 saturated carbocycles. The highest BCUT2D eigenvalue weighted by molar-refractivity contribution is 14.0. The number of methoxy groups -OCH3 is 1. The number of carbonyl (C=O) groups excluding carboxylic acids is 1. The Hall–Kier alpha value is -1.31. The third-order valence-electron chi connectivity index (χ3n) is 3.02. The number of esters is 1. The quantitative estimate of drug-likeness (QED) is 0.308. The summed E-state index contributed by atoms with van der Waals surface area (Å²) in [6.45, 7) is 5.81. The Bertz CT molecular complexity index is 452. The Kier molecular flexibility index (Phi) is 11.5. The summed E-state index contributed by atoms with van der Waals surface area (Å²) in [5.74, 6) is 0.252. The number of aliphatic imine (C=N–C) groups is 1. The van der Waals surface area contributed by atoms with Gasteiger partial charge in [-0.25, -0.2) is 0 Å². The van der Waals surface area contributed by atoms with E-state index < -0.39 is 0 Å². The van der Waals surface area contributed by atoms with Crippen molar-refractivity contribution in [2.45, 2.75) is 20.3 Å². The van der Waals surface area contributed by atoms with Gasteiger partial charge in [-0.2, -0.15) is 0 Å². The second kappa shape index (κ2) is 12.3. The van der Waals surface area contributed by atoms with Crippen molar-refractivity contribution in [1.82, 2.24) is 10.6 Å². The number of hydrogen-bond donors (Lipinski definition) is 2. The number of hydrogen-bond acceptors (Lipinski definition) is 3. The van der Waals surface area contributed by atoms with Crippen LogP contribution in [0.5, 0.6) is 0 Å². The molecule has 0 heterocycles. The topological polar surface area (TPSA) is 62.7 Å². The van der Waals surface area contributed by atoms with Gasteiger partial charge in [0.15, 0.2) is 5.96 Å². The van der Waals surface area contributed by atoms with E-state index in [0.29, 0.717) is 6.54 Å². The standard InChI is InChI=1S/C16H25N3O2.HI/c1-4-17-16(19-12-13(2)15(20)21-3)18-11-10-14-8-6-5-7-9-14;/h5-9,13H,4,10-12H2,1-3H3,(H2,17,18,19);1H. The number of halogens is 1. The highest BCUT2D eigenvalue weighted by Crippen LogP contribution is 1.99. The molecule has 0 aliphatic carbocycles. The number of benzene rings is 1. The number of carbonyl (C=O) groups is 1. The molecule has 1 unspecified atom stereocenters. The van der Waals surface area contributed by atoms with Gasteiger partial charge >= 0.3 is 5.97 Å². The second-order valence-corrected chi connectivity index (χ2v) is 4.81. The van der Waals surface area contributed by atoms with E-state index in [1.165, 1.54) is 12.7 Å². The van der Waals surface area contributed by atoms with Crippen LogP contribution in [0, 0.1) is 5.92 Å². The summed E-state index contributed by atoms with van der Waals surface area (Å²) < 4.78 is 4.69. The summed E-state index contributed by atoms with van der Waals surface area (Å²) in [5, 5.41) is 6.44. The van der Waals surface area contributed by atoms with Gasteiger partial charge in [-0.1, -0.05) is 37.3 Å². The Morgan fingerprint density at radius 2 is 1.95 bits per heavy atom. The Balaban J connectivity index is 0.00000441. The minimum absolute atomic E-state index is 0. The number of nitrogens with one attached hydrogen (secondary N) is 2. The summed E-state index contributed by atoms with van der Waals surface area (Å²) in [7, 11) is 1.39. The second-order valence-electron chi connectivity index (χ2n) is 4.81. The lowest BCUT2D eigenvalue weighted by Gasteiger charge is -2.12. The molecule has 22 heavy (non-hydrogen) atoms. The van der Waals surface area contributed by atoms with Gasteiger partial charge < -0.3 is 15.4 Å². The van der Waals surface area contributed by atoms with Gasteiger partial charge in [-0.15, -0.1) is 24.0 Å². The van der Waals surface area contributed by atoms with Crippen molar-refractivity contribution in [2.75, 3.05) is 26.7 Å². The summed E-state index contributed by atoms with van der Waals surface area (Å²) in [4.78, 5) is 15.8. The SMILES string of the molecule is CCNC(=NCC(C)C(=O)OC)NCCc1ccccc1.I. The van der Waals surface area contributed by atoms with Crippen LogP contribution in [0.25, 0.3) is 0 Å². The molecule has 6 heteroatoms. The molecule has 0 amide bonds. The zero-order valence-electron chi connectivity index (χ0n) is 13.5. The lowest BCUT2D eigenvalue weighted by Crippen LogP contribution is -2.38. The van der Waals surface area contributed by atoms with Crippen molar-refractivity contribution in [3.63, 3.8) is 0 Å². The Labute approximate surface area is 149 Å². The predicted molar refractivity (Wildman–Crippen MR) is 101 cm³/mol. The normalized spacial score (nSPS) is 12.0. The molecular weight excluding hydrogens is 393 g/mol. The maximum absolute atomic E-state index is 11.3. The molecule has 0 fully saturated rings. The highest BCUT2D eigenvalue weighted by Gasteiger charge is 2.12. The van der Waals surface area contributed by atoms with Crippen molar-refractivity contribution >= 4 is 35.9 Å². The third kappa shape index (κ3) is 8.21. The number of guanidine groups is 1. The van der Waals surface area contributed by atoms with E-state index in [2.05, 4.69) is 27.8 Å². The lowest BCUT2D eigenvalue weighted by molar-refractivity contribution is -0.144. The summed E-state index contributed by atoms with van der Waals surface area (Å²) in [5.41, 5.74) is 1.28. The number of rotatable bonds is 7. The van der Waals surface area contributed by atoms with Crippen LogP contribution in [0.4, 0.5) is 0 Å². The average molecular weight is 419 g/mol. The molecule has 0 aromatic heterocycles. The Morgan fingerprint density at radius 3 is 2.55 bits per heavy atom.